The standard InChI is InChI=1S/C14H12ClN3S2/c15-11-4-2-1-3-10(11)12-9-19-14(20-12)13-17-6-8-18(13)7-5-16/h1-4,6,8,12,14H,7,9H2. The number of hydrogen-bond donors (Lipinski definition) is 0. The van der Waals surface area contributed by atoms with Gasteiger partial charge in [-0.05, 0) is 11.6 Å². The zero-order valence-electron chi connectivity index (χ0n) is 10.6. The zero-order valence-corrected chi connectivity index (χ0v) is 13.0. The highest BCUT2D eigenvalue weighted by molar-refractivity contribution is 8.19. The van der Waals surface area contributed by atoms with E-state index in [-0.39, 0.29) is 4.58 Å². The Morgan fingerprint density at radius 3 is 3.10 bits per heavy atom. The van der Waals surface area contributed by atoms with Gasteiger partial charge in [-0.2, -0.15) is 5.26 Å². The van der Waals surface area contributed by atoms with Crippen LogP contribution in [0.5, 0.6) is 0 Å². The molecule has 1 aliphatic rings. The first-order chi connectivity index (χ1) is 9.79. The van der Waals surface area contributed by atoms with Gasteiger partial charge in [-0.1, -0.05) is 29.8 Å². The molecule has 1 fully saturated rings. The maximum atomic E-state index is 8.84. The van der Waals surface area contributed by atoms with Crippen LogP contribution in [0.3, 0.4) is 0 Å². The molecular formula is C14H12ClN3S2. The molecule has 0 spiro atoms. The Hall–Kier alpha value is -1.09. The Bertz CT molecular complexity index is 650. The summed E-state index contributed by atoms with van der Waals surface area (Å²) in [5.41, 5.74) is 1.19. The van der Waals surface area contributed by atoms with Crippen LogP contribution in [-0.2, 0) is 6.54 Å². The Kier molecular flexibility index (Phi) is 4.25. The molecule has 1 aliphatic heterocycles. The Labute approximate surface area is 131 Å². The van der Waals surface area contributed by atoms with Crippen molar-refractivity contribution in [3.8, 4) is 6.07 Å². The minimum absolute atomic E-state index is 0.264. The van der Waals surface area contributed by atoms with Crippen LogP contribution >= 0.6 is 35.1 Å². The molecule has 0 N–H and O–H groups in total. The quantitative estimate of drug-likeness (QED) is 0.846. The van der Waals surface area contributed by atoms with E-state index in [0.717, 1.165) is 16.6 Å². The van der Waals surface area contributed by atoms with Gasteiger partial charge in [0.1, 0.15) is 17.0 Å². The van der Waals surface area contributed by atoms with Crippen molar-refractivity contribution >= 4 is 35.1 Å². The third kappa shape index (κ3) is 2.69. The summed E-state index contributed by atoms with van der Waals surface area (Å²) >= 11 is 10.00. The van der Waals surface area contributed by atoms with Crippen LogP contribution in [0.15, 0.2) is 36.7 Å². The first kappa shape index (κ1) is 13.9. The number of rotatable bonds is 3. The van der Waals surface area contributed by atoms with Gasteiger partial charge in [0.15, 0.2) is 0 Å². The molecule has 0 aliphatic carbocycles. The van der Waals surface area contributed by atoms with Crippen molar-refractivity contribution in [3.05, 3.63) is 53.1 Å². The first-order valence-electron chi connectivity index (χ1n) is 6.19. The van der Waals surface area contributed by atoms with Crippen LogP contribution in [-0.4, -0.2) is 15.3 Å². The lowest BCUT2D eigenvalue weighted by Crippen LogP contribution is -2.02. The molecule has 2 atom stereocenters. The number of thioether (sulfide) groups is 2. The summed E-state index contributed by atoms with van der Waals surface area (Å²) < 4.78 is 2.18. The molecule has 20 heavy (non-hydrogen) atoms. The third-order valence-electron chi connectivity index (χ3n) is 3.14. The highest BCUT2D eigenvalue weighted by atomic mass is 35.5. The Morgan fingerprint density at radius 1 is 1.45 bits per heavy atom. The topological polar surface area (TPSA) is 41.6 Å². The lowest BCUT2D eigenvalue weighted by molar-refractivity contribution is 0.781. The van der Waals surface area contributed by atoms with Gasteiger partial charge in [-0.15, -0.1) is 23.5 Å². The van der Waals surface area contributed by atoms with Crippen molar-refractivity contribution in [2.24, 2.45) is 0 Å². The normalized spacial score (nSPS) is 21.8. The number of hydrogen-bond acceptors (Lipinski definition) is 4. The summed E-state index contributed by atoms with van der Waals surface area (Å²) in [6.07, 6.45) is 3.62. The molecule has 1 aromatic carbocycles. The van der Waals surface area contributed by atoms with E-state index in [1.54, 1.807) is 6.20 Å². The van der Waals surface area contributed by atoms with Crippen molar-refractivity contribution in [2.75, 3.05) is 5.75 Å². The van der Waals surface area contributed by atoms with E-state index < -0.39 is 0 Å². The lowest BCUT2D eigenvalue weighted by atomic mass is 10.2. The Morgan fingerprint density at radius 2 is 2.30 bits per heavy atom. The van der Waals surface area contributed by atoms with Gasteiger partial charge in [-0.3, -0.25) is 0 Å². The first-order valence-corrected chi connectivity index (χ1v) is 8.56. The molecule has 1 aromatic heterocycles. The molecule has 102 valence electrons. The molecule has 0 amide bonds. The SMILES string of the molecule is N#CCn1ccnc1C1SCC(c2ccccc2Cl)S1. The van der Waals surface area contributed by atoms with Crippen molar-refractivity contribution < 1.29 is 0 Å². The molecular weight excluding hydrogens is 310 g/mol. The highest BCUT2D eigenvalue weighted by Crippen LogP contribution is 2.56. The predicted octanol–water partition coefficient (Wildman–Crippen LogP) is 4.28. The molecule has 3 nitrogen and oxygen atoms in total. The van der Waals surface area contributed by atoms with Gasteiger partial charge in [0.05, 0.1) is 6.07 Å². The van der Waals surface area contributed by atoms with E-state index in [4.69, 9.17) is 16.9 Å². The van der Waals surface area contributed by atoms with Crippen LogP contribution in [0, 0.1) is 11.3 Å². The van der Waals surface area contributed by atoms with Crippen molar-refractivity contribution in [2.45, 2.75) is 16.4 Å². The van der Waals surface area contributed by atoms with Crippen molar-refractivity contribution in [1.29, 1.82) is 5.26 Å². The van der Waals surface area contributed by atoms with Crippen LogP contribution in [0.25, 0.3) is 0 Å². The van der Waals surface area contributed by atoms with Gasteiger partial charge in [-0.25, -0.2) is 4.98 Å². The van der Waals surface area contributed by atoms with E-state index in [1.165, 1.54) is 5.56 Å². The van der Waals surface area contributed by atoms with Gasteiger partial charge in [0.25, 0.3) is 0 Å². The molecule has 0 radical (unpaired) electrons. The second-order valence-electron chi connectivity index (χ2n) is 4.38. The van der Waals surface area contributed by atoms with Crippen molar-refractivity contribution in [3.63, 3.8) is 0 Å². The van der Waals surface area contributed by atoms with Gasteiger partial charge >= 0.3 is 0 Å². The summed E-state index contributed by atoms with van der Waals surface area (Å²) in [6, 6.07) is 10.2. The second kappa shape index (κ2) is 6.13. The highest BCUT2D eigenvalue weighted by Gasteiger charge is 2.31. The fraction of sp³-hybridized carbons (Fsp3) is 0.286. The van der Waals surface area contributed by atoms with E-state index in [1.807, 2.05) is 52.5 Å². The van der Waals surface area contributed by atoms with Crippen molar-refractivity contribution in [1.82, 2.24) is 9.55 Å². The van der Waals surface area contributed by atoms with E-state index in [9.17, 15) is 0 Å². The summed E-state index contributed by atoms with van der Waals surface area (Å²) in [7, 11) is 0. The monoisotopic (exact) mass is 321 g/mol. The average Bonchev–Trinajstić information content (AvgIpc) is 3.08. The van der Waals surface area contributed by atoms with E-state index >= 15 is 0 Å². The average molecular weight is 322 g/mol. The summed E-state index contributed by atoms with van der Waals surface area (Å²) in [6.45, 7) is 0.351. The van der Waals surface area contributed by atoms with Crippen LogP contribution in [0.2, 0.25) is 5.02 Å². The maximum absolute atomic E-state index is 8.84. The van der Waals surface area contributed by atoms with Gasteiger partial charge < -0.3 is 4.57 Å². The molecule has 2 unspecified atom stereocenters. The molecule has 6 heteroatoms. The molecule has 0 saturated carbocycles. The van der Waals surface area contributed by atoms with Crippen LogP contribution < -0.4 is 0 Å². The molecule has 1 saturated heterocycles. The Balaban J connectivity index is 1.79. The maximum Gasteiger partial charge on any atom is 0.132 e. The van der Waals surface area contributed by atoms with Crippen LogP contribution in [0.4, 0.5) is 0 Å². The molecule has 0 bridgehead atoms. The molecule has 3 rings (SSSR count). The number of nitrogens with zero attached hydrogens (tertiary/aromatic N) is 3. The van der Waals surface area contributed by atoms with Gasteiger partial charge in [0.2, 0.25) is 0 Å². The number of benzene rings is 1. The van der Waals surface area contributed by atoms with E-state index in [0.29, 0.717) is 11.8 Å². The smallest absolute Gasteiger partial charge is 0.132 e. The summed E-state index contributed by atoms with van der Waals surface area (Å²) in [4.78, 5) is 4.40. The fourth-order valence-electron chi connectivity index (χ4n) is 2.18. The summed E-state index contributed by atoms with van der Waals surface area (Å²) in [5.74, 6) is 1.98. The number of halogens is 1. The predicted molar refractivity (Wildman–Crippen MR) is 84.8 cm³/mol. The number of imidazole rings is 1. The van der Waals surface area contributed by atoms with E-state index in [2.05, 4.69) is 17.1 Å². The van der Waals surface area contributed by atoms with Crippen LogP contribution in [0.1, 0.15) is 21.2 Å². The second-order valence-corrected chi connectivity index (χ2v) is 7.54. The fourth-order valence-corrected chi connectivity index (χ4v) is 5.86. The zero-order chi connectivity index (χ0) is 13.9. The number of nitriles is 1. The largest absolute Gasteiger partial charge is 0.319 e. The molecule has 2 aromatic rings. The third-order valence-corrected chi connectivity index (χ3v) is 6.68. The van der Waals surface area contributed by atoms with Gasteiger partial charge in [0, 0.05) is 28.4 Å². The molecule has 2 heterocycles. The lowest BCUT2D eigenvalue weighted by Gasteiger charge is -2.12. The minimum atomic E-state index is 0.264. The number of aromatic nitrogens is 2. The summed E-state index contributed by atoms with van der Waals surface area (Å²) in [5, 5.41) is 10.0. The minimum Gasteiger partial charge on any atom is -0.319 e.